The van der Waals surface area contributed by atoms with Crippen molar-refractivity contribution in [2.45, 2.75) is 34.2 Å². The van der Waals surface area contributed by atoms with E-state index >= 15 is 0 Å². The van der Waals surface area contributed by atoms with Crippen LogP contribution in [0.25, 0.3) is 21.9 Å². The van der Waals surface area contributed by atoms with E-state index < -0.39 is 0 Å². The Morgan fingerprint density at radius 1 is 1.08 bits per heavy atom. The molecule has 0 bridgehead atoms. The van der Waals surface area contributed by atoms with Crippen LogP contribution in [-0.2, 0) is 6.54 Å². The van der Waals surface area contributed by atoms with Gasteiger partial charge in [-0.1, -0.05) is 26.0 Å². The third-order valence-corrected chi connectivity index (χ3v) is 4.54. The fraction of sp³-hybridized carbons (Fsp3) is 0.444. The first kappa shape index (κ1) is 16.5. The maximum Gasteiger partial charge on any atom is 0.282 e. The number of fused-ring (bicyclic) bond motifs is 3. The molecule has 0 aliphatic heterocycles. The van der Waals surface area contributed by atoms with Crippen molar-refractivity contribution in [2.24, 2.45) is 0 Å². The zero-order chi connectivity index (χ0) is 17.3. The van der Waals surface area contributed by atoms with Crippen molar-refractivity contribution in [3.63, 3.8) is 0 Å². The van der Waals surface area contributed by atoms with Crippen molar-refractivity contribution >= 4 is 21.9 Å². The molecule has 2 heterocycles. The van der Waals surface area contributed by atoms with Gasteiger partial charge in [-0.3, -0.25) is 9.36 Å². The summed E-state index contributed by atoms with van der Waals surface area (Å²) in [5.41, 5.74) is 2.76. The number of rotatable bonds is 5. The Morgan fingerprint density at radius 3 is 2.54 bits per heavy atom. The normalized spacial score (nSPS) is 11.7. The van der Waals surface area contributed by atoms with Crippen LogP contribution in [-0.4, -0.2) is 44.3 Å². The van der Waals surface area contributed by atoms with E-state index in [0.717, 1.165) is 41.9 Å². The molecule has 126 valence electrons. The zero-order valence-corrected chi connectivity index (χ0v) is 14.7. The lowest BCUT2D eigenvalue weighted by Gasteiger charge is -2.19. The average Bonchev–Trinajstić information content (AvgIpc) is 2.57. The topological polar surface area (TPSA) is 63.9 Å². The minimum atomic E-state index is -0.111. The van der Waals surface area contributed by atoms with Gasteiger partial charge in [0.1, 0.15) is 11.3 Å². The molecule has 24 heavy (non-hydrogen) atoms. The number of benzene rings is 1. The smallest absolute Gasteiger partial charge is 0.282 e. The summed E-state index contributed by atoms with van der Waals surface area (Å²) in [5, 5.41) is 9.25. The van der Waals surface area contributed by atoms with Crippen LogP contribution >= 0.6 is 0 Å². The number of likely N-dealkylation sites (N-methyl/N-ethyl adjacent to an activating group) is 1. The number of aryl methyl sites for hydroxylation is 2. The summed E-state index contributed by atoms with van der Waals surface area (Å²) < 4.78 is 1.70. The van der Waals surface area contributed by atoms with E-state index in [1.807, 2.05) is 32.0 Å². The van der Waals surface area contributed by atoms with Crippen LogP contribution in [0.5, 0.6) is 0 Å². The van der Waals surface area contributed by atoms with Crippen LogP contribution < -0.4 is 5.56 Å². The highest BCUT2D eigenvalue weighted by Gasteiger charge is 2.13. The van der Waals surface area contributed by atoms with Crippen LogP contribution in [0.1, 0.15) is 25.2 Å². The first-order chi connectivity index (χ1) is 11.5. The van der Waals surface area contributed by atoms with Gasteiger partial charge in [0, 0.05) is 18.5 Å². The number of hydrogen-bond acceptors (Lipinski definition) is 5. The largest absolute Gasteiger partial charge is 0.302 e. The second kappa shape index (κ2) is 6.65. The summed E-state index contributed by atoms with van der Waals surface area (Å²) >= 11 is 0. The molecule has 0 aliphatic carbocycles. The lowest BCUT2D eigenvalue weighted by atomic mass is 10.1. The molecule has 0 aliphatic rings. The molecule has 0 saturated heterocycles. The second-order valence-corrected chi connectivity index (χ2v) is 6.06. The lowest BCUT2D eigenvalue weighted by molar-refractivity contribution is 0.287. The molecule has 6 heteroatoms. The van der Waals surface area contributed by atoms with Crippen molar-refractivity contribution < 1.29 is 0 Å². The highest BCUT2D eigenvalue weighted by Crippen LogP contribution is 2.19. The standard InChI is InChI=1S/C18H23N5O/c1-5-22(6-2)9-10-23-13(4)19-16-14-8-7-12(3)11-15(14)20-21-17(16)18(23)24/h7-8,11H,5-6,9-10H2,1-4H3. The maximum atomic E-state index is 12.9. The van der Waals surface area contributed by atoms with Crippen molar-refractivity contribution in [1.82, 2.24) is 24.6 Å². The average molecular weight is 325 g/mol. The highest BCUT2D eigenvalue weighted by molar-refractivity contribution is 6.00. The van der Waals surface area contributed by atoms with E-state index in [1.165, 1.54) is 0 Å². The van der Waals surface area contributed by atoms with Crippen molar-refractivity contribution in [2.75, 3.05) is 19.6 Å². The Bertz CT molecular complexity index is 943. The van der Waals surface area contributed by atoms with Gasteiger partial charge in [-0.25, -0.2) is 4.98 Å². The van der Waals surface area contributed by atoms with E-state index in [4.69, 9.17) is 0 Å². The van der Waals surface area contributed by atoms with Crippen LogP contribution in [0.2, 0.25) is 0 Å². The molecule has 3 aromatic rings. The summed E-state index contributed by atoms with van der Waals surface area (Å²) in [4.78, 5) is 19.8. The first-order valence-electron chi connectivity index (χ1n) is 8.41. The van der Waals surface area contributed by atoms with Crippen LogP contribution in [0, 0.1) is 13.8 Å². The molecule has 0 spiro atoms. The number of hydrogen-bond donors (Lipinski definition) is 0. The Hall–Kier alpha value is -2.34. The van der Waals surface area contributed by atoms with Gasteiger partial charge in [0.2, 0.25) is 0 Å². The number of nitrogens with zero attached hydrogens (tertiary/aromatic N) is 5. The molecular weight excluding hydrogens is 302 g/mol. The fourth-order valence-electron chi connectivity index (χ4n) is 3.00. The van der Waals surface area contributed by atoms with Gasteiger partial charge >= 0.3 is 0 Å². The highest BCUT2D eigenvalue weighted by atomic mass is 16.1. The van der Waals surface area contributed by atoms with Crippen LogP contribution in [0.15, 0.2) is 23.0 Å². The molecule has 0 unspecified atom stereocenters. The van der Waals surface area contributed by atoms with E-state index in [9.17, 15) is 4.79 Å². The Labute approximate surface area is 141 Å². The fourth-order valence-corrected chi connectivity index (χ4v) is 3.00. The Morgan fingerprint density at radius 2 is 1.83 bits per heavy atom. The van der Waals surface area contributed by atoms with Gasteiger partial charge in [0.05, 0.1) is 5.52 Å². The first-order valence-corrected chi connectivity index (χ1v) is 8.41. The molecule has 0 radical (unpaired) electrons. The molecule has 6 nitrogen and oxygen atoms in total. The molecule has 0 atom stereocenters. The summed E-state index contributed by atoms with van der Waals surface area (Å²) in [6, 6.07) is 5.94. The number of aromatic nitrogens is 4. The SMILES string of the molecule is CCN(CC)CCn1c(C)nc2c(nnc3cc(C)ccc32)c1=O. The molecule has 0 fully saturated rings. The summed E-state index contributed by atoms with van der Waals surface area (Å²) in [7, 11) is 0. The van der Waals surface area contributed by atoms with Gasteiger partial charge in [-0.15, -0.1) is 10.2 Å². The minimum Gasteiger partial charge on any atom is -0.302 e. The van der Waals surface area contributed by atoms with Crippen molar-refractivity contribution in [1.29, 1.82) is 0 Å². The van der Waals surface area contributed by atoms with Gasteiger partial charge in [-0.05, 0) is 38.6 Å². The van der Waals surface area contributed by atoms with Crippen molar-refractivity contribution in [3.05, 3.63) is 39.9 Å². The molecular formula is C18H23N5O. The quantitative estimate of drug-likeness (QED) is 0.674. The second-order valence-electron chi connectivity index (χ2n) is 6.06. The van der Waals surface area contributed by atoms with Crippen LogP contribution in [0.4, 0.5) is 0 Å². The van der Waals surface area contributed by atoms with Gasteiger partial charge in [0.25, 0.3) is 5.56 Å². The van der Waals surface area contributed by atoms with E-state index in [0.29, 0.717) is 17.6 Å². The third kappa shape index (κ3) is 2.89. The summed E-state index contributed by atoms with van der Waals surface area (Å²) in [6.07, 6.45) is 0. The zero-order valence-electron chi connectivity index (χ0n) is 14.7. The van der Waals surface area contributed by atoms with Gasteiger partial charge < -0.3 is 4.90 Å². The molecule has 1 aromatic carbocycles. The van der Waals surface area contributed by atoms with E-state index in [2.05, 4.69) is 33.9 Å². The van der Waals surface area contributed by atoms with E-state index in [-0.39, 0.29) is 5.56 Å². The molecule has 3 rings (SSSR count). The van der Waals surface area contributed by atoms with E-state index in [1.54, 1.807) is 4.57 Å². The molecule has 2 aromatic heterocycles. The predicted molar refractivity (Wildman–Crippen MR) is 96.4 cm³/mol. The monoisotopic (exact) mass is 325 g/mol. The maximum absolute atomic E-state index is 12.9. The van der Waals surface area contributed by atoms with Gasteiger partial charge in [-0.2, -0.15) is 0 Å². The van der Waals surface area contributed by atoms with Gasteiger partial charge in [0.15, 0.2) is 5.52 Å². The lowest BCUT2D eigenvalue weighted by Crippen LogP contribution is -2.32. The van der Waals surface area contributed by atoms with Crippen molar-refractivity contribution in [3.8, 4) is 0 Å². The minimum absolute atomic E-state index is 0.111. The molecule has 0 saturated carbocycles. The Kier molecular flexibility index (Phi) is 4.57. The predicted octanol–water partition coefficient (Wildman–Crippen LogP) is 2.30. The molecule has 0 N–H and O–H groups in total. The third-order valence-electron chi connectivity index (χ3n) is 4.54. The summed E-state index contributed by atoms with van der Waals surface area (Å²) in [5.74, 6) is 0.717. The summed E-state index contributed by atoms with van der Waals surface area (Å²) in [6.45, 7) is 11.5. The van der Waals surface area contributed by atoms with Crippen LogP contribution in [0.3, 0.4) is 0 Å². The molecule has 0 amide bonds. The Balaban J connectivity index is 2.12.